The van der Waals surface area contributed by atoms with Crippen molar-refractivity contribution in [3.63, 3.8) is 0 Å². The van der Waals surface area contributed by atoms with Crippen molar-refractivity contribution < 1.29 is 22.7 Å². The Kier molecular flexibility index (Phi) is 7.12. The Balaban J connectivity index is 1.64. The molecular weight excluding hydrogens is 404 g/mol. The number of hydrogen-bond donors (Lipinski definition) is 1. The average Bonchev–Trinajstić information content (AvgIpc) is 2.78. The van der Waals surface area contributed by atoms with Crippen molar-refractivity contribution in [3.05, 3.63) is 54.1 Å². The van der Waals surface area contributed by atoms with E-state index in [0.717, 1.165) is 24.8 Å². The number of sulfonamides is 1. The van der Waals surface area contributed by atoms with E-state index in [1.165, 1.54) is 22.5 Å². The van der Waals surface area contributed by atoms with Crippen molar-refractivity contribution in [2.24, 2.45) is 0 Å². The molecule has 1 saturated heterocycles. The molecule has 7 nitrogen and oxygen atoms in total. The molecule has 1 amide bonds. The molecule has 1 aliphatic rings. The summed E-state index contributed by atoms with van der Waals surface area (Å²) in [5.74, 6) is 0.862. The fourth-order valence-corrected chi connectivity index (χ4v) is 4.79. The zero-order chi connectivity index (χ0) is 21.6. The van der Waals surface area contributed by atoms with E-state index in [1.54, 1.807) is 44.6 Å². The molecule has 0 spiro atoms. The van der Waals surface area contributed by atoms with E-state index in [1.807, 2.05) is 6.07 Å². The zero-order valence-corrected chi connectivity index (χ0v) is 17.9. The minimum atomic E-state index is -3.48. The highest BCUT2D eigenvalue weighted by Crippen LogP contribution is 2.28. The first-order valence-corrected chi connectivity index (χ1v) is 11.2. The van der Waals surface area contributed by atoms with Crippen LogP contribution in [0.15, 0.2) is 53.4 Å². The van der Waals surface area contributed by atoms with E-state index < -0.39 is 10.0 Å². The number of nitrogens with zero attached hydrogens (tertiary/aromatic N) is 1. The number of carbonyl (C=O) groups excluding carboxylic acids is 1. The molecule has 1 aliphatic heterocycles. The first-order chi connectivity index (χ1) is 14.4. The van der Waals surface area contributed by atoms with Crippen LogP contribution in [0.25, 0.3) is 6.08 Å². The fourth-order valence-electron chi connectivity index (χ4n) is 3.28. The first kappa shape index (κ1) is 21.9. The Labute approximate surface area is 177 Å². The van der Waals surface area contributed by atoms with Crippen molar-refractivity contribution in [3.8, 4) is 11.5 Å². The largest absolute Gasteiger partial charge is 0.493 e. The minimum Gasteiger partial charge on any atom is -0.493 e. The molecule has 2 aromatic rings. The van der Waals surface area contributed by atoms with Crippen molar-refractivity contribution in [1.29, 1.82) is 0 Å². The number of rotatable bonds is 7. The summed E-state index contributed by atoms with van der Waals surface area (Å²) in [5.41, 5.74) is 1.31. The summed E-state index contributed by atoms with van der Waals surface area (Å²) in [4.78, 5) is 12.5. The Bertz CT molecular complexity index is 1010. The molecule has 0 aliphatic carbocycles. The van der Waals surface area contributed by atoms with E-state index in [9.17, 15) is 13.2 Å². The van der Waals surface area contributed by atoms with Crippen molar-refractivity contribution in [2.45, 2.75) is 24.2 Å². The zero-order valence-electron chi connectivity index (χ0n) is 17.1. The lowest BCUT2D eigenvalue weighted by atomic mass is 10.2. The number of carbonyl (C=O) groups is 1. The number of piperidine rings is 1. The van der Waals surface area contributed by atoms with Gasteiger partial charge in [-0.15, -0.1) is 0 Å². The number of methoxy groups -OCH3 is 2. The number of nitrogens with one attached hydrogen (secondary N) is 1. The van der Waals surface area contributed by atoms with Crippen LogP contribution in [0, 0.1) is 0 Å². The van der Waals surface area contributed by atoms with Crippen LogP contribution in [0.2, 0.25) is 0 Å². The summed E-state index contributed by atoms with van der Waals surface area (Å²) in [5, 5.41) is 2.73. The highest BCUT2D eigenvalue weighted by Gasteiger charge is 2.25. The van der Waals surface area contributed by atoms with Gasteiger partial charge in [-0.25, -0.2) is 8.42 Å². The van der Waals surface area contributed by atoms with Crippen LogP contribution in [-0.2, 0) is 14.8 Å². The van der Waals surface area contributed by atoms with E-state index >= 15 is 0 Å². The fraction of sp³-hybridized carbons (Fsp3) is 0.318. The van der Waals surface area contributed by atoms with Crippen LogP contribution in [0.1, 0.15) is 24.8 Å². The van der Waals surface area contributed by atoms with Gasteiger partial charge in [-0.3, -0.25) is 4.79 Å². The quantitative estimate of drug-likeness (QED) is 0.680. The summed E-state index contributed by atoms with van der Waals surface area (Å²) >= 11 is 0. The molecule has 0 unspecified atom stereocenters. The highest BCUT2D eigenvalue weighted by atomic mass is 32.2. The van der Waals surface area contributed by atoms with Gasteiger partial charge in [0.15, 0.2) is 11.5 Å². The highest BCUT2D eigenvalue weighted by molar-refractivity contribution is 7.89. The number of ether oxygens (including phenoxy) is 2. The molecule has 3 rings (SSSR count). The summed E-state index contributed by atoms with van der Waals surface area (Å²) in [7, 11) is -0.373. The van der Waals surface area contributed by atoms with Crippen LogP contribution >= 0.6 is 0 Å². The normalized spacial score (nSPS) is 15.1. The molecule has 1 N–H and O–H groups in total. The molecule has 0 bridgehead atoms. The van der Waals surface area contributed by atoms with Gasteiger partial charge in [0.2, 0.25) is 15.9 Å². The van der Waals surface area contributed by atoms with E-state index in [0.29, 0.717) is 30.3 Å². The van der Waals surface area contributed by atoms with Gasteiger partial charge >= 0.3 is 0 Å². The lowest BCUT2D eigenvalue weighted by molar-refractivity contribution is -0.111. The van der Waals surface area contributed by atoms with Gasteiger partial charge in [-0.05, 0) is 60.9 Å². The molecule has 30 heavy (non-hydrogen) atoms. The van der Waals surface area contributed by atoms with Gasteiger partial charge in [0, 0.05) is 24.9 Å². The van der Waals surface area contributed by atoms with Crippen LogP contribution in [-0.4, -0.2) is 45.9 Å². The van der Waals surface area contributed by atoms with Gasteiger partial charge < -0.3 is 14.8 Å². The molecule has 2 aromatic carbocycles. The number of amides is 1. The summed E-state index contributed by atoms with van der Waals surface area (Å²) < 4.78 is 37.3. The third kappa shape index (κ3) is 5.20. The maximum Gasteiger partial charge on any atom is 0.248 e. The predicted octanol–water partition coefficient (Wildman–Crippen LogP) is 3.53. The second kappa shape index (κ2) is 9.77. The lowest BCUT2D eigenvalue weighted by Gasteiger charge is -2.25. The van der Waals surface area contributed by atoms with Gasteiger partial charge in [-0.1, -0.05) is 12.5 Å². The van der Waals surface area contributed by atoms with Crippen LogP contribution < -0.4 is 14.8 Å². The van der Waals surface area contributed by atoms with Gasteiger partial charge in [0.05, 0.1) is 19.1 Å². The molecule has 0 aromatic heterocycles. The van der Waals surface area contributed by atoms with E-state index in [2.05, 4.69) is 5.32 Å². The van der Waals surface area contributed by atoms with Crippen molar-refractivity contribution in [2.75, 3.05) is 32.6 Å². The molecular formula is C22H26N2O5S. The van der Waals surface area contributed by atoms with Crippen LogP contribution in [0.4, 0.5) is 5.69 Å². The minimum absolute atomic E-state index is 0.239. The predicted molar refractivity (Wildman–Crippen MR) is 116 cm³/mol. The molecule has 0 atom stereocenters. The monoisotopic (exact) mass is 430 g/mol. The Morgan fingerprint density at radius 2 is 1.63 bits per heavy atom. The first-order valence-electron chi connectivity index (χ1n) is 9.75. The SMILES string of the molecule is COc1ccc(C=CC(=O)Nc2ccc(S(=O)(=O)N3CCCCC3)cc2)cc1OC. The topological polar surface area (TPSA) is 84.9 Å². The Morgan fingerprint density at radius 1 is 0.967 bits per heavy atom. The van der Waals surface area contributed by atoms with Gasteiger partial charge in [-0.2, -0.15) is 4.31 Å². The Morgan fingerprint density at radius 3 is 2.27 bits per heavy atom. The summed E-state index contributed by atoms with van der Waals surface area (Å²) in [6, 6.07) is 11.6. The molecule has 1 heterocycles. The maximum atomic E-state index is 12.7. The molecule has 0 saturated carbocycles. The molecule has 160 valence electrons. The lowest BCUT2D eigenvalue weighted by Crippen LogP contribution is -2.35. The second-order valence-corrected chi connectivity index (χ2v) is 8.86. The maximum absolute atomic E-state index is 12.7. The molecule has 8 heteroatoms. The third-order valence-electron chi connectivity index (χ3n) is 4.91. The van der Waals surface area contributed by atoms with Crippen LogP contribution in [0.3, 0.4) is 0 Å². The summed E-state index contributed by atoms with van der Waals surface area (Å²) in [6.07, 6.45) is 5.90. The van der Waals surface area contributed by atoms with Crippen LogP contribution in [0.5, 0.6) is 11.5 Å². The number of benzene rings is 2. The summed E-state index contributed by atoms with van der Waals surface area (Å²) in [6.45, 7) is 1.11. The standard InChI is InChI=1S/C22H26N2O5S/c1-28-20-12-6-17(16-21(20)29-2)7-13-22(25)23-18-8-10-19(11-9-18)30(26,27)24-14-4-3-5-15-24/h6-13,16H,3-5,14-15H2,1-2H3,(H,23,25). The Hall–Kier alpha value is -2.84. The molecule has 1 fully saturated rings. The van der Waals surface area contributed by atoms with Crippen molar-refractivity contribution >= 4 is 27.7 Å². The molecule has 0 radical (unpaired) electrons. The van der Waals surface area contributed by atoms with Crippen molar-refractivity contribution in [1.82, 2.24) is 4.31 Å². The third-order valence-corrected chi connectivity index (χ3v) is 6.82. The van der Waals surface area contributed by atoms with E-state index in [4.69, 9.17) is 9.47 Å². The average molecular weight is 431 g/mol. The number of hydrogen-bond acceptors (Lipinski definition) is 5. The number of anilines is 1. The van der Waals surface area contributed by atoms with Gasteiger partial charge in [0.25, 0.3) is 0 Å². The van der Waals surface area contributed by atoms with Gasteiger partial charge in [0.1, 0.15) is 0 Å². The second-order valence-electron chi connectivity index (χ2n) is 6.93. The van der Waals surface area contributed by atoms with E-state index in [-0.39, 0.29) is 10.8 Å². The smallest absolute Gasteiger partial charge is 0.248 e.